The van der Waals surface area contributed by atoms with E-state index in [0.29, 0.717) is 13.1 Å². The van der Waals surface area contributed by atoms with Gasteiger partial charge in [0.15, 0.2) is 5.82 Å². The zero-order valence-electron chi connectivity index (χ0n) is 15.6. The first kappa shape index (κ1) is 18.1. The van der Waals surface area contributed by atoms with Gasteiger partial charge >= 0.3 is 0 Å². The molecule has 1 aromatic rings. The SMILES string of the molecule is CCCC(OC)C(=O)N1CCc2nnc(N3CCN(C)CC3)cc2C1. The summed E-state index contributed by atoms with van der Waals surface area (Å²) >= 11 is 0. The van der Waals surface area contributed by atoms with Gasteiger partial charge in [0.05, 0.1) is 5.69 Å². The van der Waals surface area contributed by atoms with Crippen molar-refractivity contribution < 1.29 is 9.53 Å². The quantitative estimate of drug-likeness (QED) is 0.790. The molecule has 0 N–H and O–H groups in total. The summed E-state index contributed by atoms with van der Waals surface area (Å²) in [4.78, 5) is 19.2. The van der Waals surface area contributed by atoms with E-state index >= 15 is 0 Å². The van der Waals surface area contributed by atoms with Crippen molar-refractivity contribution in [3.8, 4) is 0 Å². The third-order valence-electron chi connectivity index (χ3n) is 5.18. The molecule has 0 spiro atoms. The van der Waals surface area contributed by atoms with Gasteiger partial charge in [0.1, 0.15) is 6.10 Å². The molecule has 7 nitrogen and oxygen atoms in total. The highest BCUT2D eigenvalue weighted by Crippen LogP contribution is 2.22. The number of carbonyl (C=O) groups is 1. The van der Waals surface area contributed by atoms with Gasteiger partial charge in [-0.2, -0.15) is 5.10 Å². The fourth-order valence-electron chi connectivity index (χ4n) is 3.50. The predicted octanol–water partition coefficient (Wildman–Crippen LogP) is 0.928. The Labute approximate surface area is 149 Å². The van der Waals surface area contributed by atoms with Crippen LogP contribution in [0.2, 0.25) is 0 Å². The van der Waals surface area contributed by atoms with Crippen molar-refractivity contribution in [3.63, 3.8) is 0 Å². The van der Waals surface area contributed by atoms with E-state index in [-0.39, 0.29) is 12.0 Å². The molecule has 3 rings (SSSR count). The average molecular weight is 347 g/mol. The molecular weight excluding hydrogens is 318 g/mol. The number of ether oxygens (including phenoxy) is 1. The van der Waals surface area contributed by atoms with Crippen molar-refractivity contribution in [2.45, 2.75) is 38.8 Å². The average Bonchev–Trinajstić information content (AvgIpc) is 2.65. The van der Waals surface area contributed by atoms with Crippen LogP contribution in [0.1, 0.15) is 31.0 Å². The van der Waals surface area contributed by atoms with Crippen LogP contribution in [-0.2, 0) is 22.5 Å². The van der Waals surface area contributed by atoms with Crippen LogP contribution in [0.4, 0.5) is 5.82 Å². The number of aromatic nitrogens is 2. The molecule has 2 aliphatic rings. The lowest BCUT2D eigenvalue weighted by molar-refractivity contribution is -0.143. The molecule has 25 heavy (non-hydrogen) atoms. The number of hydrogen-bond acceptors (Lipinski definition) is 6. The molecule has 1 aromatic heterocycles. The fraction of sp³-hybridized carbons (Fsp3) is 0.722. The molecule has 1 unspecified atom stereocenters. The van der Waals surface area contributed by atoms with Crippen LogP contribution in [0.5, 0.6) is 0 Å². The number of fused-ring (bicyclic) bond motifs is 1. The maximum atomic E-state index is 12.7. The number of amides is 1. The van der Waals surface area contributed by atoms with Crippen LogP contribution in [0.3, 0.4) is 0 Å². The summed E-state index contributed by atoms with van der Waals surface area (Å²) in [6.45, 7) is 7.38. The maximum Gasteiger partial charge on any atom is 0.251 e. The van der Waals surface area contributed by atoms with E-state index in [1.165, 1.54) is 0 Å². The summed E-state index contributed by atoms with van der Waals surface area (Å²) in [7, 11) is 3.76. The Bertz CT molecular complexity index is 601. The monoisotopic (exact) mass is 347 g/mol. The van der Waals surface area contributed by atoms with Gasteiger partial charge in [0.25, 0.3) is 5.91 Å². The number of likely N-dealkylation sites (N-methyl/N-ethyl adjacent to an activating group) is 1. The van der Waals surface area contributed by atoms with E-state index in [2.05, 4.69) is 40.0 Å². The molecule has 0 bridgehead atoms. The van der Waals surface area contributed by atoms with Gasteiger partial charge in [-0.1, -0.05) is 13.3 Å². The molecule has 1 saturated heterocycles. The number of methoxy groups -OCH3 is 1. The molecule has 138 valence electrons. The molecule has 3 heterocycles. The molecule has 7 heteroatoms. The van der Waals surface area contributed by atoms with Crippen LogP contribution in [0, 0.1) is 0 Å². The number of rotatable bonds is 5. The second-order valence-electron chi connectivity index (χ2n) is 6.99. The zero-order chi connectivity index (χ0) is 17.8. The molecule has 1 amide bonds. The largest absolute Gasteiger partial charge is 0.372 e. The summed E-state index contributed by atoms with van der Waals surface area (Å²) in [5.74, 6) is 1.02. The first-order chi connectivity index (χ1) is 12.1. The third kappa shape index (κ3) is 4.10. The van der Waals surface area contributed by atoms with Gasteiger partial charge in [-0.25, -0.2) is 0 Å². The number of nitrogens with zero attached hydrogens (tertiary/aromatic N) is 5. The smallest absolute Gasteiger partial charge is 0.251 e. The Hall–Kier alpha value is -1.73. The number of piperazine rings is 1. The minimum Gasteiger partial charge on any atom is -0.372 e. The van der Waals surface area contributed by atoms with Gasteiger partial charge in [-0.3, -0.25) is 4.79 Å². The zero-order valence-corrected chi connectivity index (χ0v) is 15.6. The number of hydrogen-bond donors (Lipinski definition) is 0. The minimum absolute atomic E-state index is 0.0907. The predicted molar refractivity (Wildman–Crippen MR) is 96.6 cm³/mol. The van der Waals surface area contributed by atoms with Gasteiger partial charge in [0.2, 0.25) is 0 Å². The molecule has 0 radical (unpaired) electrons. The first-order valence-corrected chi connectivity index (χ1v) is 9.23. The second-order valence-corrected chi connectivity index (χ2v) is 6.99. The van der Waals surface area contributed by atoms with Crippen LogP contribution in [-0.4, -0.2) is 78.9 Å². The molecule has 2 aliphatic heterocycles. The van der Waals surface area contributed by atoms with Crippen molar-refractivity contribution in [1.29, 1.82) is 0 Å². The van der Waals surface area contributed by atoms with Gasteiger partial charge in [-0.05, 0) is 25.1 Å². The number of anilines is 1. The normalized spacial score (nSPS) is 19.6. The summed E-state index contributed by atoms with van der Waals surface area (Å²) in [5, 5.41) is 8.85. The van der Waals surface area contributed by atoms with Crippen LogP contribution < -0.4 is 4.90 Å². The highest BCUT2D eigenvalue weighted by molar-refractivity contribution is 5.81. The van der Waals surface area contributed by atoms with Crippen LogP contribution in [0.25, 0.3) is 0 Å². The Kier molecular flexibility index (Phi) is 5.86. The Morgan fingerprint density at radius 3 is 2.68 bits per heavy atom. The third-order valence-corrected chi connectivity index (χ3v) is 5.18. The molecular formula is C18H29N5O2. The lowest BCUT2D eigenvalue weighted by Gasteiger charge is -2.34. The van der Waals surface area contributed by atoms with Crippen molar-refractivity contribution in [2.24, 2.45) is 0 Å². The topological polar surface area (TPSA) is 61.8 Å². The Balaban J connectivity index is 1.71. The van der Waals surface area contributed by atoms with Crippen LogP contribution >= 0.6 is 0 Å². The Morgan fingerprint density at radius 2 is 2.00 bits per heavy atom. The lowest BCUT2D eigenvalue weighted by Crippen LogP contribution is -2.45. The second kappa shape index (κ2) is 8.10. The molecule has 0 aromatic carbocycles. The summed E-state index contributed by atoms with van der Waals surface area (Å²) in [6, 6.07) is 2.12. The van der Waals surface area contributed by atoms with Crippen molar-refractivity contribution in [3.05, 3.63) is 17.3 Å². The number of carbonyl (C=O) groups excluding carboxylic acids is 1. The van der Waals surface area contributed by atoms with E-state index in [0.717, 1.165) is 62.5 Å². The maximum absolute atomic E-state index is 12.7. The highest BCUT2D eigenvalue weighted by atomic mass is 16.5. The van der Waals surface area contributed by atoms with E-state index in [9.17, 15) is 4.79 Å². The van der Waals surface area contributed by atoms with E-state index < -0.39 is 0 Å². The first-order valence-electron chi connectivity index (χ1n) is 9.23. The summed E-state index contributed by atoms with van der Waals surface area (Å²) in [5.41, 5.74) is 2.14. The lowest BCUT2D eigenvalue weighted by atomic mass is 10.0. The van der Waals surface area contributed by atoms with Gasteiger partial charge in [0, 0.05) is 52.8 Å². The van der Waals surface area contributed by atoms with Crippen molar-refractivity contribution in [2.75, 3.05) is 51.8 Å². The van der Waals surface area contributed by atoms with Crippen molar-refractivity contribution in [1.82, 2.24) is 20.0 Å². The van der Waals surface area contributed by atoms with E-state index in [4.69, 9.17) is 4.74 Å². The molecule has 1 fully saturated rings. The summed E-state index contributed by atoms with van der Waals surface area (Å²) < 4.78 is 5.39. The fourth-order valence-corrected chi connectivity index (χ4v) is 3.50. The van der Waals surface area contributed by atoms with Gasteiger partial charge < -0.3 is 19.4 Å². The van der Waals surface area contributed by atoms with Gasteiger partial charge in [-0.15, -0.1) is 5.10 Å². The molecule has 0 aliphatic carbocycles. The standard InChI is InChI=1S/C18H29N5O2/c1-4-5-16(25-3)18(24)23-7-6-15-14(13-23)12-17(20-19-15)22-10-8-21(2)9-11-22/h12,16H,4-11,13H2,1-3H3. The summed E-state index contributed by atoms with van der Waals surface area (Å²) in [6.07, 6.45) is 2.13. The molecule has 1 atom stereocenters. The van der Waals surface area contributed by atoms with Crippen LogP contribution in [0.15, 0.2) is 6.07 Å². The minimum atomic E-state index is -0.335. The van der Waals surface area contributed by atoms with Crippen molar-refractivity contribution >= 4 is 11.7 Å². The van der Waals surface area contributed by atoms with E-state index in [1.54, 1.807) is 7.11 Å². The molecule has 0 saturated carbocycles. The highest BCUT2D eigenvalue weighted by Gasteiger charge is 2.28. The van der Waals surface area contributed by atoms with E-state index in [1.807, 2.05) is 4.90 Å². The Morgan fingerprint density at radius 1 is 1.24 bits per heavy atom.